The first-order valence-electron chi connectivity index (χ1n) is 7.65. The van der Waals surface area contributed by atoms with E-state index in [4.69, 9.17) is 37.2 Å². The average molecular weight is 393 g/mol. The minimum atomic E-state index is -0.560. The summed E-state index contributed by atoms with van der Waals surface area (Å²) in [5.74, 6) is 0.461. The van der Waals surface area contributed by atoms with Crippen LogP contribution in [0.4, 0.5) is 0 Å². The summed E-state index contributed by atoms with van der Waals surface area (Å²) in [5.41, 5.74) is 1.49. The van der Waals surface area contributed by atoms with Crippen LogP contribution in [0.3, 0.4) is 0 Å². The van der Waals surface area contributed by atoms with Crippen molar-refractivity contribution in [3.05, 3.63) is 64.0 Å². The first-order valence-corrected chi connectivity index (χ1v) is 8.40. The standard InChI is InChI=1S/C18H14Cl2N2O4/c1-11-8-12(6-7-14(11)19)24-10-17(23)25-9-16-21-18(22-26-16)13-4-2-3-5-15(13)20/h2-8H,9-10H2,1H3. The number of aryl methyl sites for hydroxylation is 1. The molecule has 0 aliphatic rings. The molecule has 0 unspecified atom stereocenters. The van der Waals surface area contributed by atoms with Gasteiger partial charge >= 0.3 is 5.97 Å². The largest absolute Gasteiger partial charge is 0.482 e. The van der Waals surface area contributed by atoms with Crippen LogP contribution in [0.25, 0.3) is 11.4 Å². The third-order valence-electron chi connectivity index (χ3n) is 3.43. The Kier molecular flexibility index (Phi) is 5.75. The summed E-state index contributed by atoms with van der Waals surface area (Å²) in [6.45, 7) is 1.45. The summed E-state index contributed by atoms with van der Waals surface area (Å²) < 4.78 is 15.5. The van der Waals surface area contributed by atoms with E-state index in [1.165, 1.54) is 0 Å². The summed E-state index contributed by atoms with van der Waals surface area (Å²) in [5, 5.41) is 4.96. The Morgan fingerprint density at radius 2 is 1.96 bits per heavy atom. The van der Waals surface area contributed by atoms with Crippen LogP contribution in [0, 0.1) is 6.92 Å². The molecule has 0 saturated carbocycles. The van der Waals surface area contributed by atoms with E-state index in [2.05, 4.69) is 10.1 Å². The molecule has 0 atom stereocenters. The SMILES string of the molecule is Cc1cc(OCC(=O)OCc2nc(-c3ccccc3Cl)no2)ccc1Cl. The minimum absolute atomic E-state index is 0.153. The van der Waals surface area contributed by atoms with Gasteiger partial charge in [0.2, 0.25) is 5.82 Å². The first-order chi connectivity index (χ1) is 12.5. The van der Waals surface area contributed by atoms with E-state index >= 15 is 0 Å². The van der Waals surface area contributed by atoms with Crippen molar-refractivity contribution in [3.8, 4) is 17.1 Å². The maximum Gasteiger partial charge on any atom is 0.344 e. The lowest BCUT2D eigenvalue weighted by Gasteiger charge is -2.07. The van der Waals surface area contributed by atoms with Gasteiger partial charge in [-0.25, -0.2) is 4.79 Å². The molecule has 3 aromatic rings. The molecule has 0 aliphatic carbocycles. The van der Waals surface area contributed by atoms with Gasteiger partial charge in [0.05, 0.1) is 5.02 Å². The second kappa shape index (κ2) is 8.21. The average Bonchev–Trinajstić information content (AvgIpc) is 3.10. The molecule has 1 heterocycles. The van der Waals surface area contributed by atoms with Gasteiger partial charge in [-0.05, 0) is 42.8 Å². The van der Waals surface area contributed by atoms with Crippen molar-refractivity contribution in [3.63, 3.8) is 0 Å². The van der Waals surface area contributed by atoms with Gasteiger partial charge in [-0.15, -0.1) is 0 Å². The third kappa shape index (κ3) is 4.53. The van der Waals surface area contributed by atoms with Crippen molar-refractivity contribution in [1.82, 2.24) is 10.1 Å². The number of ether oxygens (including phenoxy) is 2. The highest BCUT2D eigenvalue weighted by atomic mass is 35.5. The lowest BCUT2D eigenvalue weighted by molar-refractivity contribution is -0.148. The Morgan fingerprint density at radius 3 is 2.73 bits per heavy atom. The van der Waals surface area contributed by atoms with E-state index < -0.39 is 5.97 Å². The Labute approximate surface area is 159 Å². The Bertz CT molecular complexity index is 927. The Hall–Kier alpha value is -2.57. The maximum atomic E-state index is 11.8. The monoisotopic (exact) mass is 392 g/mol. The van der Waals surface area contributed by atoms with E-state index in [0.717, 1.165) is 5.56 Å². The first kappa shape index (κ1) is 18.2. The van der Waals surface area contributed by atoms with Gasteiger partial charge in [0.25, 0.3) is 5.89 Å². The molecule has 6 nitrogen and oxygen atoms in total. The van der Waals surface area contributed by atoms with E-state index in [1.807, 2.05) is 13.0 Å². The number of carbonyl (C=O) groups is 1. The molecule has 0 fully saturated rings. The van der Waals surface area contributed by atoms with Gasteiger partial charge in [-0.1, -0.05) is 40.5 Å². The Morgan fingerprint density at radius 1 is 1.15 bits per heavy atom. The van der Waals surface area contributed by atoms with Gasteiger partial charge < -0.3 is 14.0 Å². The Balaban J connectivity index is 1.52. The molecule has 26 heavy (non-hydrogen) atoms. The van der Waals surface area contributed by atoms with Gasteiger partial charge in [0.1, 0.15) is 5.75 Å². The number of nitrogens with zero attached hydrogens (tertiary/aromatic N) is 2. The fourth-order valence-corrected chi connectivity index (χ4v) is 2.44. The second-order valence-corrected chi connectivity index (χ2v) is 6.17. The van der Waals surface area contributed by atoms with Crippen LogP contribution in [-0.4, -0.2) is 22.7 Å². The summed E-state index contributed by atoms with van der Waals surface area (Å²) in [7, 11) is 0. The molecule has 0 N–H and O–H groups in total. The van der Waals surface area contributed by atoms with Crippen LogP contribution in [-0.2, 0) is 16.1 Å². The van der Waals surface area contributed by atoms with Crippen molar-refractivity contribution in [2.75, 3.05) is 6.61 Å². The van der Waals surface area contributed by atoms with Gasteiger partial charge in [0.15, 0.2) is 13.2 Å². The van der Waals surface area contributed by atoms with E-state index in [0.29, 0.717) is 27.2 Å². The number of hydrogen-bond donors (Lipinski definition) is 0. The lowest BCUT2D eigenvalue weighted by atomic mass is 10.2. The van der Waals surface area contributed by atoms with Crippen molar-refractivity contribution in [2.24, 2.45) is 0 Å². The van der Waals surface area contributed by atoms with Crippen molar-refractivity contribution in [2.45, 2.75) is 13.5 Å². The van der Waals surface area contributed by atoms with Crippen LogP contribution in [0.15, 0.2) is 47.0 Å². The minimum Gasteiger partial charge on any atom is -0.482 e. The third-order valence-corrected chi connectivity index (χ3v) is 4.18. The number of halogens is 2. The molecule has 0 spiro atoms. The summed E-state index contributed by atoms with van der Waals surface area (Å²) in [6, 6.07) is 12.2. The highest BCUT2D eigenvalue weighted by Gasteiger charge is 2.13. The molecule has 0 radical (unpaired) electrons. The van der Waals surface area contributed by atoms with Crippen LogP contribution in [0.1, 0.15) is 11.5 Å². The van der Waals surface area contributed by atoms with Gasteiger partial charge in [-0.3, -0.25) is 0 Å². The molecule has 0 bridgehead atoms. The number of benzene rings is 2. The van der Waals surface area contributed by atoms with Crippen LogP contribution >= 0.6 is 23.2 Å². The van der Waals surface area contributed by atoms with Gasteiger partial charge in [0, 0.05) is 10.6 Å². The maximum absolute atomic E-state index is 11.8. The quantitative estimate of drug-likeness (QED) is 0.575. The molecule has 0 saturated heterocycles. The zero-order valence-electron chi connectivity index (χ0n) is 13.7. The molecular formula is C18H14Cl2N2O4. The number of aromatic nitrogens is 2. The summed E-state index contributed by atoms with van der Waals surface area (Å²) in [6.07, 6.45) is 0. The molecule has 134 valence electrons. The zero-order chi connectivity index (χ0) is 18.5. The predicted octanol–water partition coefficient (Wildman–Crippen LogP) is 4.47. The molecular weight excluding hydrogens is 379 g/mol. The number of carbonyl (C=O) groups excluding carboxylic acids is 1. The van der Waals surface area contributed by atoms with Crippen molar-refractivity contribution in [1.29, 1.82) is 0 Å². The highest BCUT2D eigenvalue weighted by molar-refractivity contribution is 6.33. The molecule has 0 amide bonds. The number of hydrogen-bond acceptors (Lipinski definition) is 6. The molecule has 1 aromatic heterocycles. The fraction of sp³-hybridized carbons (Fsp3) is 0.167. The van der Waals surface area contributed by atoms with Crippen LogP contribution in [0.5, 0.6) is 5.75 Å². The molecule has 8 heteroatoms. The normalized spacial score (nSPS) is 10.6. The molecule has 3 rings (SSSR count). The zero-order valence-corrected chi connectivity index (χ0v) is 15.3. The second-order valence-electron chi connectivity index (χ2n) is 5.35. The summed E-state index contributed by atoms with van der Waals surface area (Å²) >= 11 is 12.0. The highest BCUT2D eigenvalue weighted by Crippen LogP contribution is 2.25. The fourth-order valence-electron chi connectivity index (χ4n) is 2.10. The number of esters is 1. The topological polar surface area (TPSA) is 74.5 Å². The van der Waals surface area contributed by atoms with Crippen molar-refractivity contribution >= 4 is 29.2 Å². The summed E-state index contributed by atoms with van der Waals surface area (Å²) in [4.78, 5) is 15.9. The van der Waals surface area contributed by atoms with Gasteiger partial charge in [-0.2, -0.15) is 4.98 Å². The predicted molar refractivity (Wildman–Crippen MR) is 96.2 cm³/mol. The molecule has 2 aromatic carbocycles. The van der Waals surface area contributed by atoms with E-state index in [-0.39, 0.29) is 19.1 Å². The number of rotatable bonds is 6. The van der Waals surface area contributed by atoms with Crippen molar-refractivity contribution < 1.29 is 18.8 Å². The smallest absolute Gasteiger partial charge is 0.344 e. The lowest BCUT2D eigenvalue weighted by Crippen LogP contribution is -2.14. The van der Waals surface area contributed by atoms with E-state index in [9.17, 15) is 4.79 Å². The van der Waals surface area contributed by atoms with Crippen LogP contribution in [0.2, 0.25) is 10.0 Å². The molecule has 0 aliphatic heterocycles. The van der Waals surface area contributed by atoms with E-state index in [1.54, 1.807) is 36.4 Å². The van der Waals surface area contributed by atoms with Crippen LogP contribution < -0.4 is 4.74 Å².